The Morgan fingerprint density at radius 3 is 2.84 bits per heavy atom. The molecule has 104 valence electrons. The predicted octanol–water partition coefficient (Wildman–Crippen LogP) is 3.89. The molecule has 0 aliphatic rings. The first-order chi connectivity index (χ1) is 9.05. The lowest BCUT2D eigenvalue weighted by molar-refractivity contribution is 0.555. The molecule has 2 aromatic rings. The first kappa shape index (κ1) is 14.7. The van der Waals surface area contributed by atoms with Gasteiger partial charge in [0.1, 0.15) is 10.2 Å². The molecule has 0 bridgehead atoms. The fraction of sp³-hybridized carbons (Fsp3) is 0.583. The Kier molecular flexibility index (Phi) is 5.18. The molecule has 0 saturated heterocycles. The van der Waals surface area contributed by atoms with Crippen LogP contribution in [0.4, 0.5) is 5.13 Å². The van der Waals surface area contributed by atoms with E-state index in [-0.39, 0.29) is 5.41 Å². The molecule has 4 nitrogen and oxygen atoms in total. The minimum absolute atomic E-state index is 0.0249. The first-order valence-corrected chi connectivity index (χ1v) is 8.80. The molecular weight excluding hydrogens is 296 g/mol. The van der Waals surface area contributed by atoms with Crippen molar-refractivity contribution in [3.05, 3.63) is 17.4 Å². The van der Waals surface area contributed by atoms with Crippen LogP contribution in [0.25, 0.3) is 0 Å². The van der Waals surface area contributed by atoms with Crippen LogP contribution in [0.1, 0.15) is 33.0 Å². The Hall–Kier alpha value is -0.660. The maximum absolute atomic E-state index is 4.51. The lowest BCUT2D eigenvalue weighted by atomic mass is 9.96. The third-order valence-electron chi connectivity index (χ3n) is 2.33. The summed E-state index contributed by atoms with van der Waals surface area (Å²) >= 11 is 4.94. The lowest BCUT2D eigenvalue weighted by Gasteiger charge is -2.12. The molecule has 0 spiro atoms. The summed E-state index contributed by atoms with van der Waals surface area (Å²) in [5.41, 5.74) is 0.0249. The Morgan fingerprint density at radius 2 is 2.21 bits per heavy atom. The predicted molar refractivity (Wildman–Crippen MR) is 84.6 cm³/mol. The van der Waals surface area contributed by atoms with Crippen LogP contribution in [0.15, 0.2) is 15.9 Å². The number of nitrogens with one attached hydrogen (secondary N) is 1. The Labute approximate surface area is 126 Å². The van der Waals surface area contributed by atoms with Crippen LogP contribution in [-0.4, -0.2) is 26.6 Å². The van der Waals surface area contributed by atoms with Crippen LogP contribution >= 0.6 is 34.6 Å². The third kappa shape index (κ3) is 4.74. The standard InChI is InChI=1S/C12H18N4S3/c1-12(2,3)9-15-10(19-16-9)13-5-4-7-17-11-14-6-8-18-11/h6,8H,4-5,7H2,1-3H3,(H,13,15,16). The summed E-state index contributed by atoms with van der Waals surface area (Å²) in [6.07, 6.45) is 2.94. The van der Waals surface area contributed by atoms with Crippen LogP contribution in [0.2, 0.25) is 0 Å². The van der Waals surface area contributed by atoms with E-state index in [0.29, 0.717) is 0 Å². The second kappa shape index (κ2) is 6.67. The summed E-state index contributed by atoms with van der Waals surface area (Å²) in [6, 6.07) is 0. The van der Waals surface area contributed by atoms with Crippen molar-refractivity contribution in [3.8, 4) is 0 Å². The highest BCUT2D eigenvalue weighted by Gasteiger charge is 2.19. The van der Waals surface area contributed by atoms with Gasteiger partial charge in [-0.2, -0.15) is 4.37 Å². The smallest absolute Gasteiger partial charge is 0.202 e. The minimum Gasteiger partial charge on any atom is -0.360 e. The van der Waals surface area contributed by atoms with Gasteiger partial charge < -0.3 is 5.32 Å². The van der Waals surface area contributed by atoms with Gasteiger partial charge >= 0.3 is 0 Å². The van der Waals surface area contributed by atoms with E-state index in [4.69, 9.17) is 0 Å². The molecule has 19 heavy (non-hydrogen) atoms. The van der Waals surface area contributed by atoms with Crippen LogP contribution in [0.3, 0.4) is 0 Å². The Balaban J connectivity index is 1.67. The quantitative estimate of drug-likeness (QED) is 0.647. The Bertz CT molecular complexity index is 487. The van der Waals surface area contributed by atoms with Crippen LogP contribution in [0, 0.1) is 0 Å². The fourth-order valence-electron chi connectivity index (χ4n) is 1.31. The summed E-state index contributed by atoms with van der Waals surface area (Å²) in [7, 11) is 0. The topological polar surface area (TPSA) is 50.7 Å². The largest absolute Gasteiger partial charge is 0.360 e. The number of anilines is 1. The van der Waals surface area contributed by atoms with Gasteiger partial charge in [0.25, 0.3) is 0 Å². The van der Waals surface area contributed by atoms with Crippen molar-refractivity contribution in [2.75, 3.05) is 17.6 Å². The summed E-state index contributed by atoms with van der Waals surface area (Å²) in [4.78, 5) is 8.75. The van der Waals surface area contributed by atoms with E-state index < -0.39 is 0 Å². The monoisotopic (exact) mass is 314 g/mol. The van der Waals surface area contributed by atoms with E-state index in [2.05, 4.69) is 40.4 Å². The van der Waals surface area contributed by atoms with Crippen LogP contribution in [0.5, 0.6) is 0 Å². The van der Waals surface area contributed by atoms with Crippen molar-refractivity contribution in [1.82, 2.24) is 14.3 Å². The second-order valence-corrected chi connectivity index (χ2v) is 8.09. The molecule has 0 fully saturated rings. The van der Waals surface area contributed by atoms with E-state index in [9.17, 15) is 0 Å². The third-order valence-corrected chi connectivity index (χ3v) is 5.05. The Morgan fingerprint density at radius 1 is 1.37 bits per heavy atom. The highest BCUT2D eigenvalue weighted by molar-refractivity contribution is 8.00. The number of thiazole rings is 1. The van der Waals surface area contributed by atoms with Crippen molar-refractivity contribution in [2.45, 2.75) is 36.9 Å². The molecule has 2 rings (SSSR count). The van der Waals surface area contributed by atoms with Crippen LogP contribution in [-0.2, 0) is 5.41 Å². The highest BCUT2D eigenvalue weighted by Crippen LogP contribution is 2.23. The molecule has 2 heterocycles. The summed E-state index contributed by atoms with van der Waals surface area (Å²) in [6.45, 7) is 7.31. The van der Waals surface area contributed by atoms with Crippen molar-refractivity contribution in [1.29, 1.82) is 0 Å². The van der Waals surface area contributed by atoms with E-state index in [1.165, 1.54) is 11.5 Å². The molecule has 0 radical (unpaired) electrons. The van der Waals surface area contributed by atoms with Gasteiger partial charge in [-0.3, -0.25) is 0 Å². The van der Waals surface area contributed by atoms with Gasteiger partial charge in [-0.05, 0) is 6.42 Å². The average molecular weight is 315 g/mol. The number of rotatable bonds is 6. The molecule has 0 aliphatic carbocycles. The normalized spacial score (nSPS) is 11.7. The first-order valence-electron chi connectivity index (χ1n) is 6.16. The zero-order valence-electron chi connectivity index (χ0n) is 11.3. The van der Waals surface area contributed by atoms with E-state index >= 15 is 0 Å². The van der Waals surface area contributed by atoms with Gasteiger partial charge in [-0.1, -0.05) is 32.5 Å². The van der Waals surface area contributed by atoms with Crippen molar-refractivity contribution >= 4 is 39.8 Å². The zero-order valence-corrected chi connectivity index (χ0v) is 13.8. The van der Waals surface area contributed by atoms with Gasteiger partial charge in [0, 0.05) is 40.8 Å². The number of hydrogen-bond acceptors (Lipinski definition) is 7. The van der Waals surface area contributed by atoms with Gasteiger partial charge in [0.15, 0.2) is 0 Å². The second-order valence-electron chi connectivity index (χ2n) is 5.10. The zero-order chi connectivity index (χ0) is 13.7. The minimum atomic E-state index is 0.0249. The molecule has 1 N–H and O–H groups in total. The molecule has 0 aliphatic heterocycles. The van der Waals surface area contributed by atoms with E-state index in [1.54, 1.807) is 23.1 Å². The fourth-order valence-corrected chi connectivity index (χ4v) is 3.74. The van der Waals surface area contributed by atoms with Crippen molar-refractivity contribution in [2.24, 2.45) is 0 Å². The molecule has 7 heteroatoms. The van der Waals surface area contributed by atoms with Gasteiger partial charge in [0.05, 0.1) is 0 Å². The SMILES string of the molecule is CC(C)(C)c1nsc(NCCCSc2nccs2)n1. The number of hydrogen-bond donors (Lipinski definition) is 1. The lowest BCUT2D eigenvalue weighted by Crippen LogP contribution is -2.13. The van der Waals surface area contributed by atoms with E-state index in [1.807, 2.05) is 11.6 Å². The summed E-state index contributed by atoms with van der Waals surface area (Å²) in [5.74, 6) is 1.99. The molecule has 0 saturated carbocycles. The highest BCUT2D eigenvalue weighted by atomic mass is 32.2. The maximum Gasteiger partial charge on any atom is 0.202 e. The molecule has 2 aromatic heterocycles. The summed E-state index contributed by atoms with van der Waals surface area (Å²) in [5, 5.41) is 6.26. The van der Waals surface area contributed by atoms with Crippen LogP contribution < -0.4 is 5.32 Å². The van der Waals surface area contributed by atoms with Gasteiger partial charge in [-0.25, -0.2) is 9.97 Å². The van der Waals surface area contributed by atoms with Crippen molar-refractivity contribution in [3.63, 3.8) is 0 Å². The van der Waals surface area contributed by atoms with Gasteiger partial charge in [-0.15, -0.1) is 11.3 Å². The van der Waals surface area contributed by atoms with Crippen molar-refractivity contribution < 1.29 is 0 Å². The molecule has 0 aromatic carbocycles. The maximum atomic E-state index is 4.51. The average Bonchev–Trinajstić information content (AvgIpc) is 2.97. The molecule has 0 amide bonds. The number of aromatic nitrogens is 3. The molecule has 0 atom stereocenters. The number of nitrogens with zero attached hydrogens (tertiary/aromatic N) is 3. The van der Waals surface area contributed by atoms with Gasteiger partial charge in [0.2, 0.25) is 5.13 Å². The van der Waals surface area contributed by atoms with E-state index in [0.717, 1.165) is 34.0 Å². The summed E-state index contributed by atoms with van der Waals surface area (Å²) < 4.78 is 5.53. The number of thioether (sulfide) groups is 1. The molecular formula is C12H18N4S3. The molecule has 0 unspecified atom stereocenters.